The van der Waals surface area contributed by atoms with Gasteiger partial charge in [-0.3, -0.25) is 0 Å². The summed E-state index contributed by atoms with van der Waals surface area (Å²) < 4.78 is 1.17. The zero-order chi connectivity index (χ0) is 13.8. The fourth-order valence-electron chi connectivity index (χ4n) is 2.39. The Hall–Kier alpha value is -0.540. The Morgan fingerprint density at radius 1 is 1.37 bits per heavy atom. The molecule has 1 saturated carbocycles. The standard InChI is InChI=1S/C16H25BrN2/c1-4-9-19(12(2)3)16-10-14(17)6-5-13(16)11-18-15-7-8-15/h5-6,10,12,15,18H,4,7-9,11H2,1-3H3. The summed E-state index contributed by atoms with van der Waals surface area (Å²) in [5.74, 6) is 0. The summed E-state index contributed by atoms with van der Waals surface area (Å²) in [6.07, 6.45) is 3.86. The normalized spacial score (nSPS) is 15.0. The smallest absolute Gasteiger partial charge is 0.0425 e. The number of halogens is 1. The maximum atomic E-state index is 3.63. The summed E-state index contributed by atoms with van der Waals surface area (Å²) in [5.41, 5.74) is 2.79. The minimum absolute atomic E-state index is 0.536. The van der Waals surface area contributed by atoms with Gasteiger partial charge in [-0.05, 0) is 50.8 Å². The van der Waals surface area contributed by atoms with E-state index >= 15 is 0 Å². The number of nitrogens with zero attached hydrogens (tertiary/aromatic N) is 1. The fraction of sp³-hybridized carbons (Fsp3) is 0.625. The van der Waals surface area contributed by atoms with Crippen molar-refractivity contribution >= 4 is 21.6 Å². The molecule has 0 saturated heterocycles. The highest BCUT2D eigenvalue weighted by atomic mass is 79.9. The van der Waals surface area contributed by atoms with Crippen LogP contribution in [0, 0.1) is 0 Å². The van der Waals surface area contributed by atoms with Gasteiger partial charge in [0.25, 0.3) is 0 Å². The second kappa shape index (κ2) is 6.76. The van der Waals surface area contributed by atoms with Crippen LogP contribution < -0.4 is 10.2 Å². The molecule has 0 aromatic heterocycles. The summed E-state index contributed by atoms with van der Waals surface area (Å²) in [6, 6.07) is 7.96. The molecule has 0 radical (unpaired) electrons. The van der Waals surface area contributed by atoms with Gasteiger partial charge >= 0.3 is 0 Å². The highest BCUT2D eigenvalue weighted by Crippen LogP contribution is 2.28. The molecular formula is C16H25BrN2. The lowest BCUT2D eigenvalue weighted by molar-refractivity contribution is 0.651. The Labute approximate surface area is 125 Å². The third-order valence-corrected chi connectivity index (χ3v) is 4.10. The van der Waals surface area contributed by atoms with E-state index in [0.29, 0.717) is 6.04 Å². The molecule has 1 aromatic rings. The first-order valence-corrected chi connectivity index (χ1v) is 8.19. The van der Waals surface area contributed by atoms with Gasteiger partial charge in [0.15, 0.2) is 0 Å². The Bertz CT molecular complexity index is 413. The van der Waals surface area contributed by atoms with Crippen LogP contribution in [-0.2, 0) is 6.54 Å². The number of hydrogen-bond donors (Lipinski definition) is 1. The first-order valence-electron chi connectivity index (χ1n) is 7.40. The molecule has 0 bridgehead atoms. The van der Waals surface area contributed by atoms with E-state index < -0.39 is 0 Å². The second-order valence-corrected chi connectivity index (χ2v) is 6.63. The summed E-state index contributed by atoms with van der Waals surface area (Å²) in [6.45, 7) is 8.89. The topological polar surface area (TPSA) is 15.3 Å². The zero-order valence-electron chi connectivity index (χ0n) is 12.2. The lowest BCUT2D eigenvalue weighted by atomic mass is 10.1. The molecule has 0 atom stereocenters. The average Bonchev–Trinajstić information content (AvgIpc) is 3.18. The quantitative estimate of drug-likeness (QED) is 0.803. The molecule has 19 heavy (non-hydrogen) atoms. The van der Waals surface area contributed by atoms with Gasteiger partial charge in [0.1, 0.15) is 0 Å². The van der Waals surface area contributed by atoms with E-state index in [0.717, 1.165) is 19.1 Å². The molecule has 0 heterocycles. The van der Waals surface area contributed by atoms with Gasteiger partial charge in [0.2, 0.25) is 0 Å². The van der Waals surface area contributed by atoms with Crippen molar-refractivity contribution in [1.82, 2.24) is 5.32 Å². The lowest BCUT2D eigenvalue weighted by Crippen LogP contribution is -2.33. The Balaban J connectivity index is 2.20. The number of nitrogens with one attached hydrogen (secondary N) is 1. The molecule has 106 valence electrons. The first kappa shape index (κ1) is 14.9. The molecule has 2 rings (SSSR count). The van der Waals surface area contributed by atoms with Crippen molar-refractivity contribution in [2.45, 2.75) is 58.7 Å². The van der Waals surface area contributed by atoms with Crippen molar-refractivity contribution in [2.24, 2.45) is 0 Å². The van der Waals surface area contributed by atoms with E-state index in [1.54, 1.807) is 0 Å². The third-order valence-electron chi connectivity index (χ3n) is 3.60. The van der Waals surface area contributed by atoms with Crippen molar-refractivity contribution in [1.29, 1.82) is 0 Å². The van der Waals surface area contributed by atoms with Crippen molar-refractivity contribution < 1.29 is 0 Å². The van der Waals surface area contributed by atoms with Crippen LogP contribution in [0.1, 0.15) is 45.6 Å². The fourth-order valence-corrected chi connectivity index (χ4v) is 2.74. The summed E-state index contributed by atoms with van der Waals surface area (Å²) >= 11 is 3.61. The molecule has 2 nitrogen and oxygen atoms in total. The monoisotopic (exact) mass is 324 g/mol. The lowest BCUT2D eigenvalue weighted by Gasteiger charge is -2.31. The third kappa shape index (κ3) is 4.22. The zero-order valence-corrected chi connectivity index (χ0v) is 13.8. The van der Waals surface area contributed by atoms with Gasteiger partial charge in [-0.2, -0.15) is 0 Å². The van der Waals surface area contributed by atoms with E-state index in [2.05, 4.69) is 65.1 Å². The largest absolute Gasteiger partial charge is 0.369 e. The number of hydrogen-bond acceptors (Lipinski definition) is 2. The van der Waals surface area contributed by atoms with E-state index in [1.807, 2.05) is 0 Å². The summed E-state index contributed by atoms with van der Waals surface area (Å²) in [5, 5.41) is 3.63. The molecule has 1 aliphatic rings. The number of anilines is 1. The summed E-state index contributed by atoms with van der Waals surface area (Å²) in [4.78, 5) is 2.51. The van der Waals surface area contributed by atoms with Gasteiger partial charge < -0.3 is 10.2 Å². The van der Waals surface area contributed by atoms with Crippen molar-refractivity contribution in [3.05, 3.63) is 28.2 Å². The van der Waals surface area contributed by atoms with Crippen molar-refractivity contribution in [3.8, 4) is 0 Å². The predicted octanol–water partition coefficient (Wildman–Crippen LogP) is 4.33. The Morgan fingerprint density at radius 2 is 2.11 bits per heavy atom. The highest BCUT2D eigenvalue weighted by molar-refractivity contribution is 9.10. The number of benzene rings is 1. The van der Waals surface area contributed by atoms with Gasteiger partial charge in [0, 0.05) is 35.3 Å². The molecule has 3 heteroatoms. The van der Waals surface area contributed by atoms with Crippen LogP contribution in [0.2, 0.25) is 0 Å². The summed E-state index contributed by atoms with van der Waals surface area (Å²) in [7, 11) is 0. The van der Waals surface area contributed by atoms with Crippen LogP contribution >= 0.6 is 15.9 Å². The molecule has 1 fully saturated rings. The predicted molar refractivity (Wildman–Crippen MR) is 86.8 cm³/mol. The molecule has 0 unspecified atom stereocenters. The van der Waals surface area contributed by atoms with Crippen LogP contribution in [-0.4, -0.2) is 18.6 Å². The van der Waals surface area contributed by atoms with E-state index in [9.17, 15) is 0 Å². The molecule has 0 spiro atoms. The number of rotatable bonds is 7. The first-order chi connectivity index (χ1) is 9.11. The van der Waals surface area contributed by atoms with Gasteiger partial charge in [0.05, 0.1) is 0 Å². The van der Waals surface area contributed by atoms with Crippen LogP contribution in [0.3, 0.4) is 0 Å². The van der Waals surface area contributed by atoms with Crippen molar-refractivity contribution in [2.75, 3.05) is 11.4 Å². The van der Waals surface area contributed by atoms with Crippen LogP contribution in [0.15, 0.2) is 22.7 Å². The Kier molecular flexibility index (Phi) is 5.28. The molecule has 1 aromatic carbocycles. The Morgan fingerprint density at radius 3 is 2.68 bits per heavy atom. The molecule has 0 amide bonds. The van der Waals surface area contributed by atoms with Gasteiger partial charge in [-0.15, -0.1) is 0 Å². The average molecular weight is 325 g/mol. The molecular weight excluding hydrogens is 300 g/mol. The second-order valence-electron chi connectivity index (χ2n) is 5.72. The van der Waals surface area contributed by atoms with Crippen molar-refractivity contribution in [3.63, 3.8) is 0 Å². The van der Waals surface area contributed by atoms with Crippen LogP contribution in [0.25, 0.3) is 0 Å². The van der Waals surface area contributed by atoms with E-state index in [-0.39, 0.29) is 0 Å². The minimum Gasteiger partial charge on any atom is -0.369 e. The van der Waals surface area contributed by atoms with E-state index in [4.69, 9.17) is 0 Å². The van der Waals surface area contributed by atoms with Crippen LogP contribution in [0.4, 0.5) is 5.69 Å². The molecule has 1 N–H and O–H groups in total. The highest BCUT2D eigenvalue weighted by Gasteiger charge is 2.21. The molecule has 0 aliphatic heterocycles. The SMILES string of the molecule is CCCN(c1cc(Br)ccc1CNC1CC1)C(C)C. The van der Waals surface area contributed by atoms with Gasteiger partial charge in [-0.25, -0.2) is 0 Å². The maximum absolute atomic E-state index is 3.63. The van der Waals surface area contributed by atoms with E-state index in [1.165, 1.54) is 35.0 Å². The van der Waals surface area contributed by atoms with Crippen LogP contribution in [0.5, 0.6) is 0 Å². The van der Waals surface area contributed by atoms with Gasteiger partial charge in [-0.1, -0.05) is 28.9 Å². The molecule has 1 aliphatic carbocycles. The maximum Gasteiger partial charge on any atom is 0.0425 e. The minimum atomic E-state index is 0.536.